The predicted molar refractivity (Wildman–Crippen MR) is 130 cm³/mol. The zero-order valence-electron chi connectivity index (χ0n) is 21.9. The quantitative estimate of drug-likeness (QED) is 0.228. The van der Waals surface area contributed by atoms with Gasteiger partial charge in [0.15, 0.2) is 0 Å². The van der Waals surface area contributed by atoms with Gasteiger partial charge in [0, 0.05) is 11.5 Å². The number of aliphatic hydroxyl groups is 2. The molecule has 36 heavy (non-hydrogen) atoms. The molecule has 0 aromatic heterocycles. The van der Waals surface area contributed by atoms with Gasteiger partial charge in [-0.2, -0.15) is 8.42 Å². The van der Waals surface area contributed by atoms with Crippen LogP contribution in [0.15, 0.2) is 5.11 Å². The summed E-state index contributed by atoms with van der Waals surface area (Å²) in [4.78, 5) is 29.2. The van der Waals surface area contributed by atoms with Crippen molar-refractivity contribution >= 4 is 22.3 Å². The average molecular weight is 538 g/mol. The number of azide groups is 1. The highest BCUT2D eigenvalue weighted by atomic mass is 32.2. The lowest BCUT2D eigenvalue weighted by molar-refractivity contribution is 0.0161. The minimum absolute atomic E-state index is 0.0905. The van der Waals surface area contributed by atoms with Crippen molar-refractivity contribution in [2.45, 2.75) is 89.8 Å². The number of amides is 2. The van der Waals surface area contributed by atoms with Crippen molar-refractivity contribution in [1.29, 1.82) is 0 Å². The lowest BCUT2D eigenvalue weighted by atomic mass is 10.2. The van der Waals surface area contributed by atoms with E-state index in [1.54, 1.807) is 41.5 Å². The molecule has 2 fully saturated rings. The van der Waals surface area contributed by atoms with E-state index >= 15 is 0 Å². The Kier molecular flexibility index (Phi) is 11.2. The van der Waals surface area contributed by atoms with Crippen LogP contribution in [0.2, 0.25) is 0 Å². The Morgan fingerprint density at radius 2 is 1.39 bits per heavy atom. The first-order valence-electron chi connectivity index (χ1n) is 11.5. The van der Waals surface area contributed by atoms with Crippen LogP contribution in [0.25, 0.3) is 10.4 Å². The van der Waals surface area contributed by atoms with Crippen molar-refractivity contribution in [1.82, 2.24) is 9.80 Å². The molecule has 14 nitrogen and oxygen atoms in total. The fourth-order valence-corrected chi connectivity index (χ4v) is 4.31. The number of aliphatic hydroxyl groups excluding tert-OH is 2. The molecule has 2 aliphatic rings. The SMILES string of the molecule is CC(C)(C)OC(=O)N1C[C@@H](N=[N+]=[N-])C[C@H]1CO.CC(C)(C)OC(=O)N1C[C@H](OS(C)(=O)=O)C[C@H]1CO. The van der Waals surface area contributed by atoms with Gasteiger partial charge in [0.05, 0.1) is 50.2 Å². The molecular weight excluding hydrogens is 498 g/mol. The first kappa shape index (κ1) is 31.7. The third-order valence-corrected chi connectivity index (χ3v) is 5.59. The van der Waals surface area contributed by atoms with Crippen molar-refractivity contribution in [3.05, 3.63) is 10.4 Å². The third kappa shape index (κ3) is 11.2. The van der Waals surface area contributed by atoms with Crippen LogP contribution in [0.5, 0.6) is 0 Å². The van der Waals surface area contributed by atoms with Gasteiger partial charge in [-0.05, 0) is 59.9 Å². The molecule has 0 aliphatic carbocycles. The fourth-order valence-electron chi connectivity index (χ4n) is 3.67. The number of carbonyl (C=O) groups excluding carboxylic acids is 2. The second-order valence-corrected chi connectivity index (χ2v) is 12.3. The molecular formula is C21H39N5O9S. The molecule has 0 aromatic rings. The van der Waals surface area contributed by atoms with E-state index < -0.39 is 45.7 Å². The summed E-state index contributed by atoms with van der Waals surface area (Å²) in [7, 11) is -3.58. The van der Waals surface area contributed by atoms with Gasteiger partial charge in [-0.1, -0.05) is 5.11 Å². The maximum Gasteiger partial charge on any atom is 0.410 e. The van der Waals surface area contributed by atoms with Crippen LogP contribution < -0.4 is 0 Å². The van der Waals surface area contributed by atoms with Gasteiger partial charge >= 0.3 is 12.2 Å². The molecule has 0 aromatic carbocycles. The molecule has 2 amide bonds. The normalized spacial score (nSPS) is 24.5. The molecule has 0 unspecified atom stereocenters. The van der Waals surface area contributed by atoms with E-state index in [4.69, 9.17) is 19.2 Å². The molecule has 2 aliphatic heterocycles. The Labute approximate surface area is 212 Å². The van der Waals surface area contributed by atoms with E-state index in [0.717, 1.165) is 6.26 Å². The van der Waals surface area contributed by atoms with Gasteiger partial charge in [0.25, 0.3) is 10.1 Å². The largest absolute Gasteiger partial charge is 0.444 e. The van der Waals surface area contributed by atoms with Crippen LogP contribution in [0, 0.1) is 0 Å². The van der Waals surface area contributed by atoms with Crippen molar-refractivity contribution in [2.24, 2.45) is 5.11 Å². The zero-order valence-corrected chi connectivity index (χ0v) is 22.8. The first-order valence-corrected chi connectivity index (χ1v) is 13.3. The average Bonchev–Trinajstić information content (AvgIpc) is 3.28. The Morgan fingerprint density at radius 3 is 1.78 bits per heavy atom. The van der Waals surface area contributed by atoms with Crippen molar-refractivity contribution in [2.75, 3.05) is 32.6 Å². The number of nitrogens with zero attached hydrogens (tertiary/aromatic N) is 5. The topological polar surface area (TPSA) is 192 Å². The second kappa shape index (κ2) is 12.8. The molecule has 0 spiro atoms. The molecule has 2 saturated heterocycles. The summed E-state index contributed by atoms with van der Waals surface area (Å²) < 4.78 is 37.4. The summed E-state index contributed by atoms with van der Waals surface area (Å²) in [5.41, 5.74) is 7.14. The Balaban J connectivity index is 0.000000362. The van der Waals surface area contributed by atoms with E-state index in [0.29, 0.717) is 13.0 Å². The number of hydrogen-bond acceptors (Lipinski definition) is 10. The van der Waals surface area contributed by atoms with Crippen LogP contribution in [0.3, 0.4) is 0 Å². The van der Waals surface area contributed by atoms with Crippen LogP contribution in [0.1, 0.15) is 54.4 Å². The van der Waals surface area contributed by atoms with Gasteiger partial charge < -0.3 is 29.5 Å². The van der Waals surface area contributed by atoms with Gasteiger partial charge in [0.2, 0.25) is 0 Å². The molecule has 2 rings (SSSR count). The molecule has 2 heterocycles. The summed E-state index contributed by atoms with van der Waals surface area (Å²) in [6.07, 6.45) is -0.00214. The van der Waals surface area contributed by atoms with Crippen LogP contribution >= 0.6 is 0 Å². The number of likely N-dealkylation sites (tertiary alicyclic amines) is 2. The maximum atomic E-state index is 11.9. The van der Waals surface area contributed by atoms with E-state index in [1.165, 1.54) is 9.80 Å². The molecule has 2 N–H and O–H groups in total. The lowest BCUT2D eigenvalue weighted by Gasteiger charge is -2.27. The molecule has 4 atom stereocenters. The minimum atomic E-state index is -3.58. The summed E-state index contributed by atoms with van der Waals surface area (Å²) in [5, 5.41) is 22.0. The van der Waals surface area contributed by atoms with E-state index in [-0.39, 0.29) is 38.3 Å². The minimum Gasteiger partial charge on any atom is -0.444 e. The molecule has 15 heteroatoms. The highest BCUT2D eigenvalue weighted by Crippen LogP contribution is 2.24. The third-order valence-electron chi connectivity index (χ3n) is 4.97. The Morgan fingerprint density at radius 1 is 0.944 bits per heavy atom. The summed E-state index contributed by atoms with van der Waals surface area (Å²) >= 11 is 0. The van der Waals surface area contributed by atoms with E-state index in [2.05, 4.69) is 10.0 Å². The van der Waals surface area contributed by atoms with Gasteiger partial charge in [-0.3, -0.25) is 4.18 Å². The summed E-state index contributed by atoms with van der Waals surface area (Å²) in [6.45, 7) is 10.5. The van der Waals surface area contributed by atoms with Crippen molar-refractivity contribution < 1.29 is 41.9 Å². The smallest absolute Gasteiger partial charge is 0.410 e. The number of hydrogen-bond donors (Lipinski definition) is 2. The monoisotopic (exact) mass is 537 g/mol. The lowest BCUT2D eigenvalue weighted by Crippen LogP contribution is -2.41. The van der Waals surface area contributed by atoms with Gasteiger partial charge in [-0.25, -0.2) is 9.59 Å². The number of ether oxygens (including phenoxy) is 2. The summed E-state index contributed by atoms with van der Waals surface area (Å²) in [5.74, 6) is 0. The van der Waals surface area contributed by atoms with Crippen LogP contribution in [-0.4, -0.2) is 109 Å². The van der Waals surface area contributed by atoms with Crippen LogP contribution in [-0.2, 0) is 23.8 Å². The van der Waals surface area contributed by atoms with Crippen molar-refractivity contribution in [3.63, 3.8) is 0 Å². The standard InChI is InChI=1S/C11H21NO6S.C10H18N4O3/c1-11(2,3)17-10(14)12-6-9(5-8(12)7-13)18-19(4,15)16;1-10(2,3)17-9(16)14-5-7(12-13-11)4-8(14)6-15/h8-9,13H,5-7H2,1-4H3;7-8,15H,4-6H2,1-3H3/t8-,9+;7-,8-/m00/s1. The Hall–Kier alpha value is -2.32. The zero-order chi connectivity index (χ0) is 27.9. The van der Waals surface area contributed by atoms with E-state index in [9.17, 15) is 28.2 Å². The Bertz CT molecular complexity index is 910. The van der Waals surface area contributed by atoms with Crippen LogP contribution in [0.4, 0.5) is 9.59 Å². The van der Waals surface area contributed by atoms with Gasteiger partial charge in [0.1, 0.15) is 11.2 Å². The molecule has 208 valence electrons. The van der Waals surface area contributed by atoms with Crippen molar-refractivity contribution in [3.8, 4) is 0 Å². The second-order valence-electron chi connectivity index (χ2n) is 10.7. The predicted octanol–water partition coefficient (Wildman–Crippen LogP) is 2.00. The van der Waals surface area contributed by atoms with Gasteiger partial charge in [-0.15, -0.1) is 0 Å². The fraction of sp³-hybridized carbons (Fsp3) is 0.905. The molecule has 0 saturated carbocycles. The molecule has 0 bridgehead atoms. The highest BCUT2D eigenvalue weighted by molar-refractivity contribution is 7.86. The number of rotatable bonds is 5. The first-order chi connectivity index (χ1) is 16.4. The molecule has 0 radical (unpaired) electrons. The maximum absolute atomic E-state index is 11.9. The highest BCUT2D eigenvalue weighted by Gasteiger charge is 2.39. The summed E-state index contributed by atoms with van der Waals surface area (Å²) in [6, 6.07) is -1.10. The van der Waals surface area contributed by atoms with E-state index in [1.807, 2.05) is 0 Å². The number of carbonyl (C=O) groups is 2.